The second-order valence-corrected chi connectivity index (χ2v) is 9.18. The number of benzene rings is 2. The molecule has 0 atom stereocenters. The lowest BCUT2D eigenvalue weighted by atomic mass is 9.99. The Bertz CT molecular complexity index is 1190. The van der Waals surface area contributed by atoms with Gasteiger partial charge < -0.3 is 15.0 Å². The van der Waals surface area contributed by atoms with Crippen LogP contribution in [0, 0.1) is 10.8 Å². The zero-order valence-corrected chi connectivity index (χ0v) is 22.2. The van der Waals surface area contributed by atoms with Crippen molar-refractivity contribution in [1.29, 1.82) is 10.8 Å². The molecular weight excluding hydrogens is 492 g/mol. The number of aliphatic imine (C=N–C) groups is 1. The maximum absolute atomic E-state index is 11.4. The van der Waals surface area contributed by atoms with Crippen molar-refractivity contribution in [3.8, 4) is 5.75 Å². The van der Waals surface area contributed by atoms with Crippen molar-refractivity contribution < 1.29 is 14.3 Å². The maximum atomic E-state index is 11.4. The van der Waals surface area contributed by atoms with E-state index in [1.54, 1.807) is 18.9 Å². The molecule has 2 aliphatic rings. The van der Waals surface area contributed by atoms with Gasteiger partial charge in [-0.25, -0.2) is 0 Å². The Labute approximate surface area is 222 Å². The van der Waals surface area contributed by atoms with E-state index < -0.39 is 0 Å². The molecule has 0 aliphatic carbocycles. The summed E-state index contributed by atoms with van der Waals surface area (Å²) in [6.07, 6.45) is 2.66. The molecule has 9 nitrogen and oxygen atoms in total. The number of amidine groups is 2. The van der Waals surface area contributed by atoms with Gasteiger partial charge in [0.05, 0.1) is 25.1 Å². The fourth-order valence-electron chi connectivity index (χ4n) is 4.19. The molecule has 196 valence electrons. The highest BCUT2D eigenvalue weighted by Crippen LogP contribution is 2.31. The summed E-state index contributed by atoms with van der Waals surface area (Å²) >= 11 is 5.99. The van der Waals surface area contributed by atoms with Gasteiger partial charge in [-0.05, 0) is 50.1 Å². The van der Waals surface area contributed by atoms with Crippen molar-refractivity contribution >= 4 is 46.5 Å². The average Bonchev–Trinajstić information content (AvgIpc) is 3.36. The van der Waals surface area contributed by atoms with Gasteiger partial charge >= 0.3 is 0 Å². The van der Waals surface area contributed by atoms with Gasteiger partial charge in [0.1, 0.15) is 17.4 Å². The number of benzodiazepines with no additional fused rings is 1. The Balaban J connectivity index is 0.000000248. The number of hydrogen-bond donors (Lipinski definition) is 3. The van der Waals surface area contributed by atoms with E-state index in [-0.39, 0.29) is 30.0 Å². The van der Waals surface area contributed by atoms with E-state index in [1.165, 1.54) is 6.92 Å². The lowest BCUT2D eigenvalue weighted by Crippen LogP contribution is -2.35. The Morgan fingerprint density at radius 3 is 2.38 bits per heavy atom. The molecule has 0 spiro atoms. The number of carbonyl (C=O) groups excluding carboxylic acids is 2. The summed E-state index contributed by atoms with van der Waals surface area (Å²) in [6.45, 7) is 5.56. The molecule has 0 aromatic heterocycles. The molecule has 1 fully saturated rings. The Morgan fingerprint density at radius 2 is 1.78 bits per heavy atom. The zero-order chi connectivity index (χ0) is 26.9. The number of halogens is 1. The Hall–Kier alpha value is -3.72. The van der Waals surface area contributed by atoms with E-state index in [2.05, 4.69) is 10.3 Å². The minimum absolute atomic E-state index is 0.0748. The highest BCUT2D eigenvalue weighted by Gasteiger charge is 2.25. The number of methoxy groups -OCH3 is 1. The lowest BCUT2D eigenvalue weighted by molar-refractivity contribution is -0.130. The van der Waals surface area contributed by atoms with Crippen LogP contribution < -0.4 is 15.0 Å². The van der Waals surface area contributed by atoms with E-state index in [1.807, 2.05) is 47.4 Å². The zero-order valence-electron chi connectivity index (χ0n) is 21.4. The van der Waals surface area contributed by atoms with Gasteiger partial charge in [-0.3, -0.25) is 30.3 Å². The molecule has 2 aromatic rings. The second-order valence-electron chi connectivity index (χ2n) is 8.74. The average molecular weight is 525 g/mol. The molecular formula is C27H33ClN6O3. The molecule has 4 rings (SSSR count). The molecule has 37 heavy (non-hydrogen) atoms. The van der Waals surface area contributed by atoms with Gasteiger partial charge in [-0.15, -0.1) is 0 Å². The summed E-state index contributed by atoms with van der Waals surface area (Å²) in [6, 6.07) is 13.0. The number of amides is 2. The molecule has 0 radical (unpaired) electrons. The van der Waals surface area contributed by atoms with Crippen molar-refractivity contribution in [2.24, 2.45) is 4.99 Å². The van der Waals surface area contributed by atoms with Crippen molar-refractivity contribution in [3.05, 3.63) is 58.6 Å². The van der Waals surface area contributed by atoms with E-state index in [0.29, 0.717) is 23.7 Å². The first-order chi connectivity index (χ1) is 17.7. The third-order valence-electron chi connectivity index (χ3n) is 5.98. The highest BCUT2D eigenvalue weighted by atomic mass is 35.5. The topological polar surface area (TPSA) is 122 Å². The van der Waals surface area contributed by atoms with Crippen LogP contribution >= 0.6 is 11.6 Å². The van der Waals surface area contributed by atoms with Crippen LogP contribution in [0.3, 0.4) is 0 Å². The van der Waals surface area contributed by atoms with Gasteiger partial charge in [0.15, 0.2) is 0 Å². The Kier molecular flexibility index (Phi) is 9.79. The van der Waals surface area contributed by atoms with Crippen LogP contribution in [0.25, 0.3) is 0 Å². The van der Waals surface area contributed by atoms with E-state index in [4.69, 9.17) is 27.2 Å². The first-order valence-electron chi connectivity index (χ1n) is 12.1. The van der Waals surface area contributed by atoms with Gasteiger partial charge in [-0.1, -0.05) is 23.7 Å². The number of ether oxygens (including phenoxy) is 1. The summed E-state index contributed by atoms with van der Waals surface area (Å²) in [5.74, 6) is 1.32. The van der Waals surface area contributed by atoms with Crippen LogP contribution in [0.4, 0.5) is 5.69 Å². The highest BCUT2D eigenvalue weighted by molar-refractivity contribution is 6.31. The number of rotatable bonds is 5. The van der Waals surface area contributed by atoms with Crippen LogP contribution in [0.2, 0.25) is 5.02 Å². The first kappa shape index (κ1) is 27.9. The van der Waals surface area contributed by atoms with Gasteiger partial charge in [0.25, 0.3) is 0 Å². The normalized spacial score (nSPS) is 14.6. The second kappa shape index (κ2) is 13.0. The predicted octanol–water partition coefficient (Wildman–Crippen LogP) is 4.12. The molecule has 2 aromatic carbocycles. The predicted molar refractivity (Wildman–Crippen MR) is 148 cm³/mol. The fraction of sp³-hybridized carbons (Fsp3) is 0.370. The van der Waals surface area contributed by atoms with Crippen molar-refractivity contribution in [2.45, 2.75) is 33.1 Å². The van der Waals surface area contributed by atoms with E-state index in [9.17, 15) is 9.59 Å². The van der Waals surface area contributed by atoms with Crippen LogP contribution in [0.15, 0.2) is 47.5 Å². The van der Waals surface area contributed by atoms with Crippen LogP contribution in [0.5, 0.6) is 5.75 Å². The summed E-state index contributed by atoms with van der Waals surface area (Å²) in [5.41, 5.74) is 3.24. The summed E-state index contributed by atoms with van der Waals surface area (Å²) in [5, 5.41) is 19.6. The summed E-state index contributed by atoms with van der Waals surface area (Å²) in [4.78, 5) is 30.0. The number of hydrogen-bond acceptors (Lipinski definition) is 6. The number of fused-ring (bicyclic) bond motifs is 1. The van der Waals surface area contributed by atoms with E-state index in [0.717, 1.165) is 48.5 Å². The van der Waals surface area contributed by atoms with Crippen molar-refractivity contribution in [2.75, 3.05) is 38.2 Å². The molecule has 1 saturated heterocycles. The van der Waals surface area contributed by atoms with Crippen LogP contribution in [0.1, 0.15) is 44.2 Å². The SMILES string of the molecule is CC(=O)NCCC(=O)N1CCCC1.COc1ccc2c(c1)C(c1ccc(Cl)cc1)=NCC(=N)N2C(C)=N. The summed E-state index contributed by atoms with van der Waals surface area (Å²) in [7, 11) is 1.61. The standard InChI is InChI=1S/C18H17ClN4O.C9H16N2O2/c1-11(20)23-16-8-7-14(24-2)9-15(16)18(22-10-17(23)21)12-3-5-13(19)6-4-12;1-8(12)10-5-4-9(13)11-6-2-3-7-11/h3-9,20-21H,10H2,1-2H3;2-7H2,1H3,(H,10,12). The van der Waals surface area contributed by atoms with Crippen LogP contribution in [-0.2, 0) is 9.59 Å². The number of anilines is 1. The van der Waals surface area contributed by atoms with Crippen molar-refractivity contribution in [1.82, 2.24) is 10.2 Å². The maximum Gasteiger partial charge on any atom is 0.224 e. The number of likely N-dealkylation sites (tertiary alicyclic amines) is 1. The third kappa shape index (κ3) is 7.39. The molecule has 0 saturated carbocycles. The summed E-state index contributed by atoms with van der Waals surface area (Å²) < 4.78 is 5.34. The first-order valence-corrected chi connectivity index (χ1v) is 12.5. The molecule has 0 unspecified atom stereocenters. The molecule has 0 bridgehead atoms. The van der Waals surface area contributed by atoms with Gasteiger partial charge in [0, 0.05) is 49.1 Å². The van der Waals surface area contributed by atoms with Gasteiger partial charge in [0.2, 0.25) is 11.8 Å². The number of nitrogens with one attached hydrogen (secondary N) is 3. The van der Waals surface area contributed by atoms with E-state index >= 15 is 0 Å². The minimum Gasteiger partial charge on any atom is -0.497 e. The smallest absolute Gasteiger partial charge is 0.224 e. The van der Waals surface area contributed by atoms with Crippen molar-refractivity contribution in [3.63, 3.8) is 0 Å². The monoisotopic (exact) mass is 524 g/mol. The molecule has 2 aliphatic heterocycles. The third-order valence-corrected chi connectivity index (χ3v) is 6.23. The molecule has 3 N–H and O–H groups in total. The minimum atomic E-state index is -0.0748. The molecule has 2 heterocycles. The molecule has 2 amide bonds. The lowest BCUT2D eigenvalue weighted by Gasteiger charge is -2.24. The fourth-order valence-corrected chi connectivity index (χ4v) is 4.32. The van der Waals surface area contributed by atoms with Gasteiger partial charge in [-0.2, -0.15) is 0 Å². The number of carbonyl (C=O) groups is 2. The largest absolute Gasteiger partial charge is 0.497 e. The number of nitrogens with zero attached hydrogens (tertiary/aromatic N) is 3. The van der Waals surface area contributed by atoms with Crippen LogP contribution in [-0.4, -0.2) is 67.4 Å². The quantitative estimate of drug-likeness (QED) is 0.402. The Morgan fingerprint density at radius 1 is 1.11 bits per heavy atom. The molecule has 10 heteroatoms.